The summed E-state index contributed by atoms with van der Waals surface area (Å²) in [6, 6.07) is 64.1. The molecule has 1 aliphatic carbocycles. The molecule has 0 bridgehead atoms. The molecular formula is C108H80Cl4F2N20O6. The van der Waals surface area contributed by atoms with Gasteiger partial charge in [-0.3, -0.25) is 28.8 Å². The molecule has 26 nitrogen and oxygen atoms in total. The Balaban J connectivity index is 0.000000122. The van der Waals surface area contributed by atoms with Crippen molar-refractivity contribution in [2.24, 2.45) is 5.41 Å². The molecule has 1 aliphatic rings. The van der Waals surface area contributed by atoms with E-state index in [1.54, 1.807) is 61.7 Å². The highest BCUT2D eigenvalue weighted by Gasteiger charge is 2.48. The molecule has 13 aromatic heterocycles. The summed E-state index contributed by atoms with van der Waals surface area (Å²) in [5.74, 6) is -1.41. The van der Waals surface area contributed by atoms with Gasteiger partial charge in [-0.15, -0.1) is 6.42 Å². The van der Waals surface area contributed by atoms with Crippen LogP contribution in [0.1, 0.15) is 24.8 Å². The number of anilines is 6. The molecule has 21 rings (SSSR count). The first-order valence-corrected chi connectivity index (χ1v) is 44.6. The molecule has 1 fully saturated rings. The third-order valence-electron chi connectivity index (χ3n) is 22.5. The number of hydrogen-bond acceptors (Lipinski definition) is 13. The maximum atomic E-state index is 13.8. The second-order valence-electron chi connectivity index (χ2n) is 31.7. The van der Waals surface area contributed by atoms with Crippen molar-refractivity contribution < 1.29 is 37.5 Å². The number of terminal acetylenes is 1. The topological polar surface area (TPSA) is 386 Å². The average Bonchev–Trinajstić information content (AvgIpc) is 1.62. The zero-order chi connectivity index (χ0) is 98.3. The van der Waals surface area contributed by atoms with Crippen LogP contribution in [0.3, 0.4) is 0 Å². The van der Waals surface area contributed by atoms with Crippen LogP contribution < -0.4 is 31.9 Å². The summed E-state index contributed by atoms with van der Waals surface area (Å²) in [6.45, 7) is 15.7. The fraction of sp³-hybridized carbons (Fsp3) is 0.0463. The quantitative estimate of drug-likeness (QED) is 0.0265. The highest BCUT2D eigenvalue weighted by Crippen LogP contribution is 2.46. The van der Waals surface area contributed by atoms with E-state index in [2.05, 4.69) is 159 Å². The van der Waals surface area contributed by atoms with Crippen LogP contribution in [0.15, 0.2) is 325 Å². The third kappa shape index (κ3) is 22.0. The highest BCUT2D eigenvalue weighted by atomic mass is 35.5. The summed E-state index contributed by atoms with van der Waals surface area (Å²) in [4.78, 5) is 118. The summed E-state index contributed by atoms with van der Waals surface area (Å²) < 4.78 is 27.6. The van der Waals surface area contributed by atoms with E-state index in [0.29, 0.717) is 53.6 Å². The fourth-order valence-electron chi connectivity index (χ4n) is 15.1. The van der Waals surface area contributed by atoms with Crippen molar-refractivity contribution in [1.82, 2.24) is 64.8 Å². The van der Waals surface area contributed by atoms with Gasteiger partial charge in [-0.2, -0.15) is 5.26 Å². The first-order chi connectivity index (χ1) is 67.8. The Labute approximate surface area is 817 Å². The predicted octanol–water partition coefficient (Wildman–Crippen LogP) is 25.4. The molecule has 1 saturated carbocycles. The third-order valence-corrected chi connectivity index (χ3v) is 23.7. The van der Waals surface area contributed by atoms with Gasteiger partial charge in [0.1, 0.15) is 45.7 Å². The lowest BCUT2D eigenvalue weighted by Gasteiger charge is -2.11. The molecule has 0 atom stereocenters. The Morgan fingerprint density at radius 1 is 0.400 bits per heavy atom. The van der Waals surface area contributed by atoms with Gasteiger partial charge in [0.25, 0.3) is 0 Å². The Bertz CT molecular complexity index is 8180. The van der Waals surface area contributed by atoms with E-state index in [1.165, 1.54) is 35.9 Å². The molecule has 0 unspecified atom stereocenters. The maximum absolute atomic E-state index is 13.8. The van der Waals surface area contributed by atoms with Crippen LogP contribution in [-0.2, 0) is 28.8 Å². The van der Waals surface area contributed by atoms with Crippen LogP contribution in [0.25, 0.3) is 155 Å². The van der Waals surface area contributed by atoms with Crippen LogP contribution in [0.2, 0.25) is 20.1 Å². The minimum Gasteiger partial charge on any atom is -0.354 e. The van der Waals surface area contributed by atoms with Crippen LogP contribution in [0.4, 0.5) is 42.9 Å². The number of carbonyl (C=O) groups excluding carboxylic acids is 6. The number of H-pyrrole nitrogens is 7. The highest BCUT2D eigenvalue weighted by molar-refractivity contribution is 6.37. The number of pyridine rings is 6. The predicted molar refractivity (Wildman–Crippen MR) is 554 cm³/mol. The van der Waals surface area contributed by atoms with Crippen molar-refractivity contribution in [1.29, 1.82) is 5.26 Å². The summed E-state index contributed by atoms with van der Waals surface area (Å²) in [5.41, 5.74) is 21.7. The number of aromatic nitrogens is 13. The molecule has 140 heavy (non-hydrogen) atoms. The van der Waals surface area contributed by atoms with Gasteiger partial charge in [-0.05, 0) is 181 Å². The fourth-order valence-corrected chi connectivity index (χ4v) is 15.9. The van der Waals surface area contributed by atoms with Crippen molar-refractivity contribution >= 4 is 193 Å². The number of nitrogens with one attached hydrogen (secondary N) is 13. The number of nitriles is 1. The van der Waals surface area contributed by atoms with E-state index >= 15 is 0 Å². The van der Waals surface area contributed by atoms with E-state index in [4.69, 9.17) is 58.1 Å². The van der Waals surface area contributed by atoms with Crippen LogP contribution in [0, 0.1) is 47.6 Å². The number of aromatic amines is 7. The van der Waals surface area contributed by atoms with Crippen molar-refractivity contribution in [2.75, 3.05) is 31.9 Å². The summed E-state index contributed by atoms with van der Waals surface area (Å²) in [5, 5.41) is 33.6. The molecule has 7 aromatic carbocycles. The number of hydrogen-bond donors (Lipinski definition) is 13. The van der Waals surface area contributed by atoms with Crippen LogP contribution in [-0.4, -0.2) is 100 Å². The average molecular weight is 1930 g/mol. The number of rotatable bonds is 19. The minimum atomic E-state index is -1.14. The number of fused-ring (bicyclic) bond motifs is 7. The molecule has 0 radical (unpaired) electrons. The van der Waals surface area contributed by atoms with Gasteiger partial charge < -0.3 is 66.8 Å². The number of nitrogens with zero attached hydrogens (tertiary/aromatic N) is 7. The number of halogens is 6. The molecule has 0 saturated heterocycles. The Hall–Kier alpha value is -17.9. The molecule has 20 aromatic rings. The van der Waals surface area contributed by atoms with Gasteiger partial charge in [0.2, 0.25) is 35.4 Å². The number of benzene rings is 7. The van der Waals surface area contributed by atoms with Crippen molar-refractivity contribution in [2.45, 2.75) is 26.2 Å². The summed E-state index contributed by atoms with van der Waals surface area (Å²) in [6.07, 6.45) is 32.5. The van der Waals surface area contributed by atoms with Crippen LogP contribution in [0.5, 0.6) is 0 Å². The van der Waals surface area contributed by atoms with Gasteiger partial charge in [0.15, 0.2) is 11.6 Å². The van der Waals surface area contributed by atoms with E-state index in [9.17, 15) is 37.5 Å². The van der Waals surface area contributed by atoms with Gasteiger partial charge in [-0.25, -0.2) is 38.7 Å². The SMILES string of the molecule is C#CC1(C(=O)Nc2cccc(-c3cnc4[nH]cc(Cl)c4c3)c2)CC1.C=CC(=O)Nc1cc(-c2cnc3[nH]cc(Cl)c3c2)cc(F)c1F.C=CC(=O)Nc1cccc(-c2cnc3[nH]cc(-c4cc5ccccc5[nH]4)c3c2)c1.C=CC(=O)Nc1ccccc1-c1cnc2[nH]cc(C)c2c1.C=CC(=O)Nc1ccccc1-c1cnc2[nH]cc(Cl)c2c1.N#CCC(=O)Nc1cccc(-c2cnc3[nH]cc(Cl)c3c2)c1. The lowest BCUT2D eigenvalue weighted by Crippen LogP contribution is -2.22. The molecular weight excluding hydrogens is 1850 g/mol. The van der Waals surface area contributed by atoms with E-state index < -0.39 is 23.0 Å². The standard InChI is InChI=1S/C24H18N4O.C19H14ClN3O.C17H15N3O.C16H10ClF2N3O.C16H11ClN4O.C16H12ClN3O/c1-2-23(29)27-18-8-5-7-15(10-18)17-11-19-20(14-26-24(19)25-13-17)22-12-16-6-3-4-9-21(16)28-22;1-2-19(6-7-19)18(24)23-14-5-3-4-12(8-14)13-9-15-16(20)11-22-17(15)21-10-13;1-3-16(21)20-15-7-5-4-6-13(15)12-8-14-11(2)9-18-17(14)19-10-12;1-2-14(23)22-13-5-8(4-12(18)15(13)19)9-3-10-11(17)7-21-16(10)20-6-9;17-14-9-20-16-13(14)7-11(8-19-16)10-2-1-3-12(6-10)21-15(22)4-5-18;1-2-15(21)20-14-6-4-3-5-11(14)10-7-12-13(17)9-19-16(12)18-8-10/h2-14,28H,1H2,(H,25,26)(H,27,29);1,3-5,8-11H,6-7H2,(H,21,22)(H,23,24);3-10H,1H2,2H3,(H,18,19)(H,20,21);2-7H,1H2,(H,20,21)(H,22,23);1-3,6-9H,4H2,(H,19,20)(H,21,22);2-9H,1H2,(H,18,19)(H,20,21). The minimum absolute atomic E-state index is 0.107. The largest absolute Gasteiger partial charge is 0.354 e. The molecule has 0 aliphatic heterocycles. The Kier molecular flexibility index (Phi) is 29.1. The van der Waals surface area contributed by atoms with Gasteiger partial charge in [0, 0.05) is 202 Å². The normalized spacial score (nSPS) is 11.4. The zero-order valence-corrected chi connectivity index (χ0v) is 77.2. The first-order valence-electron chi connectivity index (χ1n) is 43.1. The summed E-state index contributed by atoms with van der Waals surface area (Å²) >= 11 is 24.4. The van der Waals surface area contributed by atoms with Crippen molar-refractivity contribution in [3.8, 4) is 96.4 Å². The number of para-hydroxylation sites is 3. The number of carbonyl (C=O) groups is 6. The monoisotopic (exact) mass is 1930 g/mol. The van der Waals surface area contributed by atoms with E-state index in [-0.39, 0.29) is 41.6 Å². The summed E-state index contributed by atoms with van der Waals surface area (Å²) in [7, 11) is 0. The smallest absolute Gasteiger partial charge is 0.247 e. The van der Waals surface area contributed by atoms with Crippen molar-refractivity contribution in [3.05, 3.63) is 362 Å². The second-order valence-corrected chi connectivity index (χ2v) is 33.3. The molecule has 13 N–H and O–H groups in total. The molecule has 32 heteroatoms. The Morgan fingerprint density at radius 3 is 1.24 bits per heavy atom. The number of amides is 6. The number of aryl methyl sites for hydroxylation is 1. The van der Waals surface area contributed by atoms with Gasteiger partial charge in [-0.1, -0.05) is 170 Å². The van der Waals surface area contributed by atoms with Crippen LogP contribution >= 0.6 is 46.4 Å². The van der Waals surface area contributed by atoms with Gasteiger partial charge in [0.05, 0.1) is 31.8 Å². The maximum Gasteiger partial charge on any atom is 0.247 e. The first kappa shape index (κ1) is 95.2. The second kappa shape index (κ2) is 42.7. The molecule has 6 amide bonds. The molecule has 0 spiro atoms. The van der Waals surface area contributed by atoms with Crippen molar-refractivity contribution in [3.63, 3.8) is 0 Å². The lowest BCUT2D eigenvalue weighted by atomic mass is 10.0. The lowest BCUT2D eigenvalue weighted by molar-refractivity contribution is -0.119. The van der Waals surface area contributed by atoms with E-state index in [1.807, 2.05) is 177 Å². The zero-order valence-electron chi connectivity index (χ0n) is 74.2. The van der Waals surface area contributed by atoms with Gasteiger partial charge >= 0.3 is 0 Å². The molecule has 690 valence electrons. The van der Waals surface area contributed by atoms with E-state index in [0.717, 1.165) is 175 Å². The molecule has 13 heterocycles. The Morgan fingerprint density at radius 2 is 0.779 bits per heavy atom.